The summed E-state index contributed by atoms with van der Waals surface area (Å²) in [5.41, 5.74) is 1.45. The summed E-state index contributed by atoms with van der Waals surface area (Å²) in [4.78, 5) is 11.8. The highest BCUT2D eigenvalue weighted by molar-refractivity contribution is 9.10. The molecule has 0 saturated carbocycles. The van der Waals surface area contributed by atoms with Crippen molar-refractivity contribution in [3.63, 3.8) is 0 Å². The zero-order valence-corrected chi connectivity index (χ0v) is 10.4. The lowest BCUT2D eigenvalue weighted by molar-refractivity contribution is 0.102. The molecule has 0 fully saturated rings. The van der Waals surface area contributed by atoms with Gasteiger partial charge in [-0.3, -0.25) is 4.79 Å². The van der Waals surface area contributed by atoms with Gasteiger partial charge in [0.25, 0.3) is 5.91 Å². The molecule has 0 bridgehead atoms. The Morgan fingerprint density at radius 1 is 1.25 bits per heavy atom. The second-order valence-electron chi connectivity index (χ2n) is 3.53. The molecule has 1 aromatic carbocycles. The lowest BCUT2D eigenvalue weighted by atomic mass is 10.3. The van der Waals surface area contributed by atoms with E-state index in [0.717, 1.165) is 10.2 Å². The third kappa shape index (κ3) is 2.52. The molecule has 0 aliphatic rings. The number of halogens is 1. The van der Waals surface area contributed by atoms with Gasteiger partial charge >= 0.3 is 0 Å². The van der Waals surface area contributed by atoms with Gasteiger partial charge in [0.1, 0.15) is 0 Å². The van der Waals surface area contributed by atoms with Crippen LogP contribution in [0.1, 0.15) is 10.4 Å². The van der Waals surface area contributed by atoms with E-state index in [4.69, 9.17) is 0 Å². The van der Waals surface area contributed by atoms with E-state index < -0.39 is 0 Å². The van der Waals surface area contributed by atoms with Crippen LogP contribution >= 0.6 is 15.9 Å². The van der Waals surface area contributed by atoms with Gasteiger partial charge in [0, 0.05) is 29.6 Å². The van der Waals surface area contributed by atoms with Gasteiger partial charge in [-0.25, -0.2) is 0 Å². The molecule has 0 atom stereocenters. The summed E-state index contributed by atoms with van der Waals surface area (Å²) in [7, 11) is 1.89. The van der Waals surface area contributed by atoms with Crippen LogP contribution in [0.2, 0.25) is 0 Å². The minimum Gasteiger partial charge on any atom is -0.356 e. The molecule has 0 saturated heterocycles. The predicted octanol–water partition coefficient (Wildman–Crippen LogP) is 3.04. The summed E-state index contributed by atoms with van der Waals surface area (Å²) in [5.74, 6) is -0.0945. The highest BCUT2D eigenvalue weighted by atomic mass is 79.9. The number of aryl methyl sites for hydroxylation is 1. The van der Waals surface area contributed by atoms with Crippen molar-refractivity contribution in [3.8, 4) is 0 Å². The molecule has 2 rings (SSSR count). The van der Waals surface area contributed by atoms with E-state index in [2.05, 4.69) is 21.2 Å². The first-order valence-corrected chi connectivity index (χ1v) is 5.63. The smallest absolute Gasteiger partial charge is 0.257 e. The van der Waals surface area contributed by atoms with Crippen LogP contribution < -0.4 is 5.32 Å². The molecule has 2 aromatic rings. The first kappa shape index (κ1) is 11.0. The maximum atomic E-state index is 11.8. The zero-order chi connectivity index (χ0) is 11.5. The van der Waals surface area contributed by atoms with Crippen LogP contribution in [0.4, 0.5) is 5.69 Å². The van der Waals surface area contributed by atoms with Crippen molar-refractivity contribution >= 4 is 27.5 Å². The number of carbonyl (C=O) groups excluding carboxylic acids is 1. The van der Waals surface area contributed by atoms with Crippen molar-refractivity contribution in [1.82, 2.24) is 4.57 Å². The average molecular weight is 279 g/mol. The monoisotopic (exact) mass is 278 g/mol. The van der Waals surface area contributed by atoms with E-state index in [1.807, 2.05) is 42.1 Å². The third-order valence-electron chi connectivity index (χ3n) is 2.20. The maximum Gasteiger partial charge on any atom is 0.257 e. The number of anilines is 1. The molecule has 82 valence electrons. The standard InChI is InChI=1S/C12H11BrN2O/c1-15-7-6-9(8-15)12(16)14-11-4-2-10(13)3-5-11/h2-8H,1H3,(H,14,16). The summed E-state index contributed by atoms with van der Waals surface area (Å²) in [6, 6.07) is 9.27. The molecule has 1 aromatic heterocycles. The second-order valence-corrected chi connectivity index (χ2v) is 4.44. The molecule has 3 nitrogen and oxygen atoms in total. The van der Waals surface area contributed by atoms with Crippen molar-refractivity contribution in [1.29, 1.82) is 0 Å². The number of rotatable bonds is 2. The van der Waals surface area contributed by atoms with Gasteiger partial charge in [-0.15, -0.1) is 0 Å². The highest BCUT2D eigenvalue weighted by Crippen LogP contribution is 2.15. The van der Waals surface area contributed by atoms with Crippen molar-refractivity contribution in [2.75, 3.05) is 5.32 Å². The van der Waals surface area contributed by atoms with Crippen molar-refractivity contribution in [2.45, 2.75) is 0 Å². The quantitative estimate of drug-likeness (QED) is 0.900. The number of carbonyl (C=O) groups is 1. The Bertz CT molecular complexity index is 502. The minimum absolute atomic E-state index is 0.0945. The van der Waals surface area contributed by atoms with Crippen LogP contribution in [0.25, 0.3) is 0 Å². The minimum atomic E-state index is -0.0945. The molecule has 16 heavy (non-hydrogen) atoms. The SMILES string of the molecule is Cn1ccc(C(=O)Nc2ccc(Br)cc2)c1. The molecule has 0 aliphatic carbocycles. The molecule has 0 unspecified atom stereocenters. The number of hydrogen-bond acceptors (Lipinski definition) is 1. The van der Waals surface area contributed by atoms with E-state index in [1.54, 1.807) is 12.3 Å². The third-order valence-corrected chi connectivity index (χ3v) is 2.72. The van der Waals surface area contributed by atoms with Crippen LogP contribution in [0, 0.1) is 0 Å². The van der Waals surface area contributed by atoms with E-state index in [1.165, 1.54) is 0 Å². The predicted molar refractivity (Wildman–Crippen MR) is 67.5 cm³/mol. The Labute approximate surface area is 102 Å². The van der Waals surface area contributed by atoms with Gasteiger partial charge in [-0.1, -0.05) is 15.9 Å². The molecule has 1 heterocycles. The highest BCUT2D eigenvalue weighted by Gasteiger charge is 2.06. The largest absolute Gasteiger partial charge is 0.356 e. The Kier molecular flexibility index (Phi) is 3.10. The number of hydrogen-bond donors (Lipinski definition) is 1. The number of amides is 1. The van der Waals surface area contributed by atoms with Crippen LogP contribution in [-0.4, -0.2) is 10.5 Å². The molecular formula is C12H11BrN2O. The average Bonchev–Trinajstić information content (AvgIpc) is 2.68. The fourth-order valence-electron chi connectivity index (χ4n) is 1.37. The van der Waals surface area contributed by atoms with Gasteiger partial charge in [0.15, 0.2) is 0 Å². The van der Waals surface area contributed by atoms with Gasteiger partial charge in [-0.05, 0) is 30.3 Å². The summed E-state index contributed by atoms with van der Waals surface area (Å²) in [5, 5.41) is 2.83. The summed E-state index contributed by atoms with van der Waals surface area (Å²) < 4.78 is 2.83. The topological polar surface area (TPSA) is 34.0 Å². The summed E-state index contributed by atoms with van der Waals surface area (Å²) in [6.07, 6.45) is 3.63. The lowest BCUT2D eigenvalue weighted by Gasteiger charge is -2.03. The molecule has 0 aliphatic heterocycles. The van der Waals surface area contributed by atoms with Gasteiger partial charge in [-0.2, -0.15) is 0 Å². The van der Waals surface area contributed by atoms with Crippen LogP contribution in [0.15, 0.2) is 47.2 Å². The van der Waals surface area contributed by atoms with Gasteiger partial charge in [0.2, 0.25) is 0 Å². The fraction of sp³-hybridized carbons (Fsp3) is 0.0833. The maximum absolute atomic E-state index is 11.8. The van der Waals surface area contributed by atoms with Crippen LogP contribution in [0.5, 0.6) is 0 Å². The molecule has 1 N–H and O–H groups in total. The fourth-order valence-corrected chi connectivity index (χ4v) is 1.64. The first-order chi connectivity index (χ1) is 7.65. The molecule has 0 radical (unpaired) electrons. The molecular weight excluding hydrogens is 268 g/mol. The Morgan fingerprint density at radius 2 is 1.94 bits per heavy atom. The lowest BCUT2D eigenvalue weighted by Crippen LogP contribution is -2.10. The van der Waals surface area contributed by atoms with E-state index in [-0.39, 0.29) is 5.91 Å². The summed E-state index contributed by atoms with van der Waals surface area (Å²) in [6.45, 7) is 0. The zero-order valence-electron chi connectivity index (χ0n) is 8.77. The number of nitrogens with one attached hydrogen (secondary N) is 1. The van der Waals surface area contributed by atoms with Gasteiger partial charge < -0.3 is 9.88 Å². The number of benzene rings is 1. The van der Waals surface area contributed by atoms with Crippen LogP contribution in [0.3, 0.4) is 0 Å². The number of nitrogens with zero attached hydrogens (tertiary/aromatic N) is 1. The summed E-state index contributed by atoms with van der Waals surface area (Å²) >= 11 is 3.34. The van der Waals surface area contributed by atoms with Crippen molar-refractivity contribution in [3.05, 3.63) is 52.8 Å². The Balaban J connectivity index is 2.10. The van der Waals surface area contributed by atoms with Crippen molar-refractivity contribution in [2.24, 2.45) is 7.05 Å². The Hall–Kier alpha value is -1.55. The first-order valence-electron chi connectivity index (χ1n) is 4.84. The number of aromatic nitrogens is 1. The molecule has 1 amide bonds. The van der Waals surface area contributed by atoms with Gasteiger partial charge in [0.05, 0.1) is 5.56 Å². The molecule has 4 heteroatoms. The van der Waals surface area contributed by atoms with Crippen LogP contribution in [-0.2, 0) is 7.05 Å². The van der Waals surface area contributed by atoms with E-state index in [0.29, 0.717) is 5.56 Å². The van der Waals surface area contributed by atoms with E-state index in [9.17, 15) is 4.79 Å². The Morgan fingerprint density at radius 3 is 2.50 bits per heavy atom. The van der Waals surface area contributed by atoms with E-state index >= 15 is 0 Å². The van der Waals surface area contributed by atoms with Crippen molar-refractivity contribution < 1.29 is 4.79 Å². The second kappa shape index (κ2) is 4.53. The normalized spacial score (nSPS) is 10.1. The molecule has 0 spiro atoms.